The summed E-state index contributed by atoms with van der Waals surface area (Å²) in [6.07, 6.45) is -1.46. The molecular formula is C13H25F2NO3S. The zero-order chi connectivity index (χ0) is 15.6. The van der Waals surface area contributed by atoms with E-state index in [1.165, 1.54) is 0 Å². The average Bonchev–Trinajstić information content (AvgIpc) is 3.01. The molecule has 20 heavy (non-hydrogen) atoms. The summed E-state index contributed by atoms with van der Waals surface area (Å²) in [5.74, 6) is -1.59. The maximum Gasteiger partial charge on any atom is 0.241 e. The Morgan fingerprint density at radius 2 is 1.95 bits per heavy atom. The summed E-state index contributed by atoms with van der Waals surface area (Å²) >= 11 is 0. The number of aliphatic hydroxyl groups is 1. The molecule has 1 aliphatic rings. The van der Waals surface area contributed by atoms with Gasteiger partial charge in [-0.15, -0.1) is 0 Å². The van der Waals surface area contributed by atoms with Gasteiger partial charge in [0.2, 0.25) is 16.4 Å². The van der Waals surface area contributed by atoms with E-state index in [2.05, 4.69) is 4.72 Å². The van der Waals surface area contributed by atoms with Crippen LogP contribution in [0.25, 0.3) is 0 Å². The van der Waals surface area contributed by atoms with Gasteiger partial charge in [-0.05, 0) is 30.1 Å². The molecule has 0 heterocycles. The second kappa shape index (κ2) is 6.66. The largest absolute Gasteiger partial charge is 0.396 e. The fourth-order valence-corrected chi connectivity index (χ4v) is 3.98. The van der Waals surface area contributed by atoms with E-state index in [9.17, 15) is 22.3 Å². The molecular weight excluding hydrogens is 288 g/mol. The van der Waals surface area contributed by atoms with Crippen molar-refractivity contribution in [2.75, 3.05) is 18.9 Å². The van der Waals surface area contributed by atoms with E-state index in [1.807, 2.05) is 20.8 Å². The lowest BCUT2D eigenvalue weighted by atomic mass is 9.85. The molecule has 1 fully saturated rings. The average molecular weight is 313 g/mol. The van der Waals surface area contributed by atoms with E-state index in [0.717, 1.165) is 0 Å². The monoisotopic (exact) mass is 313 g/mol. The first-order valence-electron chi connectivity index (χ1n) is 6.90. The van der Waals surface area contributed by atoms with Crippen LogP contribution in [0.5, 0.6) is 0 Å². The molecule has 0 amide bonds. The lowest BCUT2D eigenvalue weighted by Gasteiger charge is -2.24. The van der Waals surface area contributed by atoms with Crippen LogP contribution in [0.4, 0.5) is 8.78 Å². The predicted molar refractivity (Wildman–Crippen MR) is 74.0 cm³/mol. The lowest BCUT2D eigenvalue weighted by molar-refractivity contribution is 0.117. The summed E-state index contributed by atoms with van der Waals surface area (Å²) in [6.45, 7) is 6.11. The van der Waals surface area contributed by atoms with Crippen LogP contribution in [0.1, 0.15) is 33.6 Å². The highest BCUT2D eigenvalue weighted by molar-refractivity contribution is 7.89. The molecule has 1 aliphatic carbocycles. The Morgan fingerprint density at radius 1 is 1.35 bits per heavy atom. The van der Waals surface area contributed by atoms with Crippen LogP contribution in [0, 0.1) is 23.2 Å². The Bertz CT molecular complexity index is 406. The van der Waals surface area contributed by atoms with Gasteiger partial charge >= 0.3 is 0 Å². The van der Waals surface area contributed by atoms with Crippen molar-refractivity contribution in [2.24, 2.45) is 23.2 Å². The number of sulfonamides is 1. The molecule has 3 atom stereocenters. The van der Waals surface area contributed by atoms with Gasteiger partial charge in [0.25, 0.3) is 0 Å². The van der Waals surface area contributed by atoms with Gasteiger partial charge in [0, 0.05) is 19.1 Å². The third-order valence-corrected chi connectivity index (χ3v) is 4.96. The fraction of sp³-hybridized carbons (Fsp3) is 1.00. The van der Waals surface area contributed by atoms with E-state index in [1.54, 1.807) is 0 Å². The molecule has 4 nitrogen and oxygen atoms in total. The third-order valence-electron chi connectivity index (χ3n) is 3.49. The second-order valence-corrected chi connectivity index (χ2v) is 8.79. The van der Waals surface area contributed by atoms with Crippen molar-refractivity contribution in [3.63, 3.8) is 0 Å². The Kier molecular flexibility index (Phi) is 5.92. The fourth-order valence-electron chi connectivity index (χ4n) is 2.42. The van der Waals surface area contributed by atoms with Gasteiger partial charge < -0.3 is 5.11 Å². The SMILES string of the molecule is CC(C)(C)CC(CO)CNS(=O)(=O)C[C@@H]1C[C@H]1C(F)F. The highest BCUT2D eigenvalue weighted by Gasteiger charge is 2.46. The summed E-state index contributed by atoms with van der Waals surface area (Å²) in [6, 6.07) is 0. The van der Waals surface area contributed by atoms with Crippen LogP contribution in [0.3, 0.4) is 0 Å². The van der Waals surface area contributed by atoms with Gasteiger partial charge in [-0.25, -0.2) is 21.9 Å². The van der Waals surface area contributed by atoms with Gasteiger partial charge in [-0.3, -0.25) is 0 Å². The number of halogens is 2. The molecule has 7 heteroatoms. The van der Waals surface area contributed by atoms with Crippen LogP contribution >= 0.6 is 0 Å². The lowest BCUT2D eigenvalue weighted by Crippen LogP contribution is -2.34. The molecule has 2 N–H and O–H groups in total. The van der Waals surface area contributed by atoms with E-state index in [4.69, 9.17) is 0 Å². The van der Waals surface area contributed by atoms with E-state index in [-0.39, 0.29) is 36.7 Å². The number of alkyl halides is 2. The van der Waals surface area contributed by atoms with Crippen molar-refractivity contribution in [1.82, 2.24) is 4.72 Å². The predicted octanol–water partition coefficient (Wildman–Crippen LogP) is 1.85. The normalized spacial score (nSPS) is 24.9. The summed E-state index contributed by atoms with van der Waals surface area (Å²) in [7, 11) is -3.54. The third kappa shape index (κ3) is 6.45. The van der Waals surface area contributed by atoms with E-state index < -0.39 is 28.3 Å². The Labute approximate surface area is 120 Å². The zero-order valence-electron chi connectivity index (χ0n) is 12.3. The van der Waals surface area contributed by atoms with Crippen molar-refractivity contribution in [3.8, 4) is 0 Å². The highest BCUT2D eigenvalue weighted by Crippen LogP contribution is 2.43. The number of nitrogens with one attached hydrogen (secondary N) is 1. The minimum absolute atomic E-state index is 0.00387. The van der Waals surface area contributed by atoms with Crippen LogP contribution < -0.4 is 4.72 Å². The highest BCUT2D eigenvalue weighted by atomic mass is 32.2. The molecule has 0 aliphatic heterocycles. The quantitative estimate of drug-likeness (QED) is 0.719. The van der Waals surface area contributed by atoms with Gasteiger partial charge in [0.15, 0.2) is 0 Å². The minimum Gasteiger partial charge on any atom is -0.396 e. The van der Waals surface area contributed by atoms with Crippen molar-refractivity contribution < 1.29 is 22.3 Å². The molecule has 120 valence electrons. The van der Waals surface area contributed by atoms with Crippen LogP contribution in [-0.4, -0.2) is 38.9 Å². The maximum atomic E-state index is 12.4. The van der Waals surface area contributed by atoms with E-state index in [0.29, 0.717) is 6.42 Å². The second-order valence-electron chi connectivity index (χ2n) is 6.94. The summed E-state index contributed by atoms with van der Waals surface area (Å²) in [5, 5.41) is 9.26. The van der Waals surface area contributed by atoms with Gasteiger partial charge in [0.1, 0.15) is 0 Å². The molecule has 0 aromatic rings. The van der Waals surface area contributed by atoms with Crippen LogP contribution in [0.2, 0.25) is 0 Å². The Morgan fingerprint density at radius 3 is 2.35 bits per heavy atom. The Balaban J connectivity index is 2.39. The van der Waals surface area contributed by atoms with Gasteiger partial charge in [0.05, 0.1) is 5.75 Å². The first-order chi connectivity index (χ1) is 9.04. The Hall–Kier alpha value is -0.270. The molecule has 1 saturated carbocycles. The first-order valence-corrected chi connectivity index (χ1v) is 8.55. The van der Waals surface area contributed by atoms with Crippen LogP contribution in [-0.2, 0) is 10.0 Å². The number of hydrogen-bond acceptors (Lipinski definition) is 3. The molecule has 0 aromatic carbocycles. The van der Waals surface area contributed by atoms with E-state index >= 15 is 0 Å². The summed E-state index contributed by atoms with van der Waals surface area (Å²) in [4.78, 5) is 0. The standard InChI is InChI=1S/C13H25F2NO3S/c1-13(2,3)5-9(7-17)6-16-20(18,19)8-10-4-11(10)12(14)15/h9-12,16-17H,4-8H2,1-3H3/t9?,10-,11+/m0/s1. The zero-order valence-corrected chi connectivity index (χ0v) is 13.1. The number of rotatable bonds is 8. The molecule has 0 aromatic heterocycles. The smallest absolute Gasteiger partial charge is 0.241 e. The topological polar surface area (TPSA) is 66.4 Å². The number of hydrogen-bond donors (Lipinski definition) is 2. The van der Waals surface area contributed by atoms with Crippen molar-refractivity contribution >= 4 is 10.0 Å². The summed E-state index contributed by atoms with van der Waals surface area (Å²) in [5.41, 5.74) is -0.00387. The molecule has 0 saturated heterocycles. The molecule has 1 rings (SSSR count). The minimum atomic E-state index is -3.54. The molecule has 0 spiro atoms. The van der Waals surface area contributed by atoms with Crippen molar-refractivity contribution in [2.45, 2.75) is 40.0 Å². The molecule has 1 unspecified atom stereocenters. The van der Waals surface area contributed by atoms with Gasteiger partial charge in [-0.1, -0.05) is 20.8 Å². The molecule has 0 bridgehead atoms. The summed E-state index contributed by atoms with van der Waals surface area (Å²) < 4.78 is 50.7. The first kappa shape index (κ1) is 17.8. The molecule has 0 radical (unpaired) electrons. The van der Waals surface area contributed by atoms with Crippen molar-refractivity contribution in [1.29, 1.82) is 0 Å². The van der Waals surface area contributed by atoms with Crippen molar-refractivity contribution in [3.05, 3.63) is 0 Å². The van der Waals surface area contributed by atoms with Gasteiger partial charge in [-0.2, -0.15) is 0 Å². The van der Waals surface area contributed by atoms with Crippen LogP contribution in [0.15, 0.2) is 0 Å². The number of aliphatic hydroxyl groups excluding tert-OH is 1. The maximum absolute atomic E-state index is 12.4.